The standard InChI is InChI=1S/C6H14N2O5/c7-8-6-5(12)4(11)3(10)2(1-9)13-6/h2-6,8-12H,1,7H2/t2-,3-,4+,5+,6-/m1/s1. The maximum Gasteiger partial charge on any atom is 0.149 e. The van der Waals surface area contributed by atoms with Gasteiger partial charge in [-0.25, -0.2) is 5.43 Å². The molecule has 0 aromatic heterocycles. The largest absolute Gasteiger partial charge is 0.394 e. The number of nitrogens with two attached hydrogens (primary N) is 1. The number of hydrogen-bond donors (Lipinski definition) is 6. The Morgan fingerprint density at radius 1 is 1.15 bits per heavy atom. The first-order chi connectivity index (χ1) is 6.11. The molecular formula is C6H14N2O5. The Kier molecular flexibility index (Phi) is 3.56. The smallest absolute Gasteiger partial charge is 0.149 e. The van der Waals surface area contributed by atoms with Gasteiger partial charge in [-0.1, -0.05) is 0 Å². The minimum atomic E-state index is -1.38. The third kappa shape index (κ3) is 1.97. The van der Waals surface area contributed by atoms with Gasteiger partial charge in [-0.3, -0.25) is 5.84 Å². The average Bonchev–Trinajstić information content (AvgIpc) is 2.15. The molecule has 0 aliphatic carbocycles. The van der Waals surface area contributed by atoms with Crippen molar-refractivity contribution < 1.29 is 25.2 Å². The Labute approximate surface area is 74.7 Å². The Morgan fingerprint density at radius 2 is 1.77 bits per heavy atom. The highest BCUT2D eigenvalue weighted by Crippen LogP contribution is 2.18. The molecule has 0 saturated carbocycles. The lowest BCUT2D eigenvalue weighted by Crippen LogP contribution is -2.63. The summed E-state index contributed by atoms with van der Waals surface area (Å²) in [6, 6.07) is 0. The molecule has 1 saturated heterocycles. The van der Waals surface area contributed by atoms with E-state index in [2.05, 4.69) is 5.43 Å². The van der Waals surface area contributed by atoms with E-state index in [4.69, 9.17) is 15.7 Å². The van der Waals surface area contributed by atoms with Crippen molar-refractivity contribution >= 4 is 0 Å². The van der Waals surface area contributed by atoms with Gasteiger partial charge in [0.2, 0.25) is 0 Å². The second kappa shape index (κ2) is 4.29. The fourth-order valence-electron chi connectivity index (χ4n) is 1.24. The summed E-state index contributed by atoms with van der Waals surface area (Å²) in [6.07, 6.45) is -5.95. The molecule has 7 nitrogen and oxygen atoms in total. The van der Waals surface area contributed by atoms with Gasteiger partial charge in [-0.15, -0.1) is 0 Å². The normalized spacial score (nSPS) is 46.4. The number of nitrogens with one attached hydrogen (secondary N) is 1. The first-order valence-electron chi connectivity index (χ1n) is 3.88. The molecule has 0 unspecified atom stereocenters. The van der Waals surface area contributed by atoms with Gasteiger partial charge in [0.25, 0.3) is 0 Å². The number of ether oxygens (including phenoxy) is 1. The summed E-state index contributed by atoms with van der Waals surface area (Å²) >= 11 is 0. The van der Waals surface area contributed by atoms with E-state index in [0.29, 0.717) is 0 Å². The summed E-state index contributed by atoms with van der Waals surface area (Å²) < 4.78 is 4.93. The summed E-state index contributed by atoms with van der Waals surface area (Å²) in [7, 11) is 0. The molecule has 0 radical (unpaired) electrons. The second-order valence-corrected chi connectivity index (χ2v) is 2.92. The van der Waals surface area contributed by atoms with E-state index in [1.165, 1.54) is 0 Å². The highest BCUT2D eigenvalue weighted by Gasteiger charge is 2.42. The summed E-state index contributed by atoms with van der Waals surface area (Å²) in [4.78, 5) is 0. The van der Waals surface area contributed by atoms with E-state index in [0.717, 1.165) is 0 Å². The van der Waals surface area contributed by atoms with Crippen LogP contribution >= 0.6 is 0 Å². The fourth-order valence-corrected chi connectivity index (χ4v) is 1.24. The maximum atomic E-state index is 9.26. The lowest BCUT2D eigenvalue weighted by atomic mass is 9.99. The molecule has 1 aliphatic rings. The van der Waals surface area contributed by atoms with Crippen LogP contribution in [0.3, 0.4) is 0 Å². The molecule has 1 fully saturated rings. The Bertz CT molecular complexity index is 149. The summed E-state index contributed by atoms with van der Waals surface area (Å²) in [6.45, 7) is -0.455. The predicted molar refractivity (Wildman–Crippen MR) is 41.1 cm³/mol. The van der Waals surface area contributed by atoms with E-state index in [1.807, 2.05) is 0 Å². The Morgan fingerprint density at radius 3 is 2.23 bits per heavy atom. The number of hydrogen-bond acceptors (Lipinski definition) is 7. The van der Waals surface area contributed by atoms with Crippen LogP contribution < -0.4 is 11.3 Å². The van der Waals surface area contributed by atoms with Crippen LogP contribution in [-0.2, 0) is 4.74 Å². The lowest BCUT2D eigenvalue weighted by molar-refractivity contribution is -0.236. The maximum absolute atomic E-state index is 9.26. The Hall–Kier alpha value is -0.280. The predicted octanol–water partition coefficient (Wildman–Crippen LogP) is -3.75. The van der Waals surface area contributed by atoms with Gasteiger partial charge in [-0.2, -0.15) is 0 Å². The molecule has 78 valence electrons. The highest BCUT2D eigenvalue weighted by atomic mass is 16.6. The van der Waals surface area contributed by atoms with E-state index < -0.39 is 37.3 Å². The Balaban J connectivity index is 2.66. The van der Waals surface area contributed by atoms with Crippen LogP contribution in [-0.4, -0.2) is 57.7 Å². The first-order valence-corrected chi connectivity index (χ1v) is 3.88. The average molecular weight is 194 g/mol. The van der Waals surface area contributed by atoms with Crippen molar-refractivity contribution in [2.24, 2.45) is 5.84 Å². The van der Waals surface area contributed by atoms with Crippen LogP contribution in [0.1, 0.15) is 0 Å². The molecule has 0 aromatic carbocycles. The van der Waals surface area contributed by atoms with Crippen molar-refractivity contribution in [1.82, 2.24) is 5.43 Å². The van der Waals surface area contributed by atoms with E-state index in [9.17, 15) is 15.3 Å². The number of aliphatic hydroxyl groups is 4. The molecule has 0 aromatic rings. The number of aliphatic hydroxyl groups excluding tert-OH is 4. The van der Waals surface area contributed by atoms with Gasteiger partial charge in [0, 0.05) is 0 Å². The first kappa shape index (κ1) is 10.8. The number of rotatable bonds is 2. The second-order valence-electron chi connectivity index (χ2n) is 2.92. The van der Waals surface area contributed by atoms with E-state index in [-0.39, 0.29) is 0 Å². The third-order valence-electron chi connectivity index (χ3n) is 2.06. The van der Waals surface area contributed by atoms with Gasteiger partial charge in [0.05, 0.1) is 6.61 Å². The van der Waals surface area contributed by atoms with Crippen LogP contribution in [0, 0.1) is 0 Å². The molecule has 7 N–H and O–H groups in total. The van der Waals surface area contributed by atoms with Crippen molar-refractivity contribution in [2.75, 3.05) is 6.61 Å². The monoisotopic (exact) mass is 194 g/mol. The molecule has 1 rings (SSSR count). The van der Waals surface area contributed by atoms with Crippen molar-refractivity contribution in [3.63, 3.8) is 0 Å². The van der Waals surface area contributed by atoms with Crippen molar-refractivity contribution in [3.05, 3.63) is 0 Å². The summed E-state index contributed by atoms with van der Waals surface area (Å²) in [5, 5.41) is 36.5. The summed E-state index contributed by atoms with van der Waals surface area (Å²) in [5.74, 6) is 5.01. The topological polar surface area (TPSA) is 128 Å². The molecule has 0 bridgehead atoms. The third-order valence-corrected chi connectivity index (χ3v) is 2.06. The van der Waals surface area contributed by atoms with Gasteiger partial charge >= 0.3 is 0 Å². The minimum absolute atomic E-state index is 0.455. The molecule has 0 spiro atoms. The number of hydrazine groups is 1. The SMILES string of the molecule is NN[C@@H]1O[C@H](CO)[C@@H](O)[C@H](O)[C@@H]1O. The molecule has 13 heavy (non-hydrogen) atoms. The molecule has 5 atom stereocenters. The zero-order chi connectivity index (χ0) is 10.0. The molecular weight excluding hydrogens is 180 g/mol. The van der Waals surface area contributed by atoms with E-state index in [1.54, 1.807) is 0 Å². The van der Waals surface area contributed by atoms with Crippen LogP contribution in [0.25, 0.3) is 0 Å². The van der Waals surface area contributed by atoms with Gasteiger partial charge in [-0.05, 0) is 0 Å². The van der Waals surface area contributed by atoms with Crippen LogP contribution in [0.4, 0.5) is 0 Å². The van der Waals surface area contributed by atoms with Crippen molar-refractivity contribution in [3.8, 4) is 0 Å². The zero-order valence-corrected chi connectivity index (χ0v) is 6.87. The van der Waals surface area contributed by atoms with Gasteiger partial charge < -0.3 is 25.2 Å². The van der Waals surface area contributed by atoms with Crippen molar-refractivity contribution in [2.45, 2.75) is 30.6 Å². The van der Waals surface area contributed by atoms with Gasteiger partial charge in [0.1, 0.15) is 30.6 Å². The van der Waals surface area contributed by atoms with Crippen LogP contribution in [0.2, 0.25) is 0 Å². The zero-order valence-electron chi connectivity index (χ0n) is 6.87. The molecule has 7 heteroatoms. The molecule has 1 aliphatic heterocycles. The van der Waals surface area contributed by atoms with Crippen LogP contribution in [0.15, 0.2) is 0 Å². The minimum Gasteiger partial charge on any atom is -0.394 e. The van der Waals surface area contributed by atoms with Gasteiger partial charge in [0.15, 0.2) is 0 Å². The van der Waals surface area contributed by atoms with E-state index >= 15 is 0 Å². The highest BCUT2D eigenvalue weighted by molar-refractivity contribution is 4.90. The molecule has 1 heterocycles. The molecule has 0 amide bonds. The fraction of sp³-hybridized carbons (Fsp3) is 1.00. The quantitative estimate of drug-likeness (QED) is 0.197. The summed E-state index contributed by atoms with van der Waals surface area (Å²) in [5.41, 5.74) is 2.11. The lowest BCUT2D eigenvalue weighted by Gasteiger charge is -2.39. The van der Waals surface area contributed by atoms with Crippen LogP contribution in [0.5, 0.6) is 0 Å². The van der Waals surface area contributed by atoms with Crippen molar-refractivity contribution in [1.29, 1.82) is 0 Å².